The van der Waals surface area contributed by atoms with Crippen LogP contribution in [0.1, 0.15) is 19.4 Å². The lowest BCUT2D eigenvalue weighted by Gasteiger charge is -2.09. The molecule has 154 valence electrons. The van der Waals surface area contributed by atoms with Crippen molar-refractivity contribution in [2.24, 2.45) is 0 Å². The lowest BCUT2D eigenvalue weighted by molar-refractivity contribution is 0.226. The highest BCUT2D eigenvalue weighted by atomic mass is 19.2. The molecule has 1 rings (SSSR count). The minimum Gasteiger partial charge on any atom is -0.491 e. The molecule has 0 amide bonds. The number of hydrogen-bond acceptors (Lipinski definition) is 2. The van der Waals surface area contributed by atoms with Crippen LogP contribution in [0.25, 0.3) is 6.08 Å². The van der Waals surface area contributed by atoms with Crippen LogP contribution in [0.4, 0.5) is 13.2 Å². The van der Waals surface area contributed by atoms with Gasteiger partial charge < -0.3 is 9.47 Å². The van der Waals surface area contributed by atoms with E-state index in [-0.39, 0.29) is 23.7 Å². The molecule has 0 aromatic heterocycles. The van der Waals surface area contributed by atoms with E-state index in [9.17, 15) is 13.2 Å². The molecule has 0 saturated heterocycles. The third-order valence-electron chi connectivity index (χ3n) is 3.65. The van der Waals surface area contributed by atoms with Gasteiger partial charge in [0.2, 0.25) is 5.82 Å². The summed E-state index contributed by atoms with van der Waals surface area (Å²) in [6, 6.07) is 2.78. The van der Waals surface area contributed by atoms with Crippen LogP contribution < -0.4 is 4.74 Å². The van der Waals surface area contributed by atoms with Crippen molar-refractivity contribution in [2.45, 2.75) is 13.8 Å². The van der Waals surface area contributed by atoms with E-state index in [4.69, 9.17) is 9.47 Å². The number of rotatable bonds is 11. The first-order valence-electron chi connectivity index (χ1n) is 8.88. The summed E-state index contributed by atoms with van der Waals surface area (Å²) < 4.78 is 52.1. The fraction of sp³-hybridized carbons (Fsp3) is 0.167. The molecular weight excluding hydrogens is 377 g/mol. The Morgan fingerprint density at radius 2 is 1.72 bits per heavy atom. The summed E-state index contributed by atoms with van der Waals surface area (Å²) in [5.41, 5.74) is 1.36. The van der Waals surface area contributed by atoms with E-state index in [0.29, 0.717) is 23.3 Å². The van der Waals surface area contributed by atoms with Gasteiger partial charge in [-0.2, -0.15) is 4.39 Å². The van der Waals surface area contributed by atoms with E-state index in [0.717, 1.165) is 6.08 Å². The zero-order valence-electron chi connectivity index (χ0n) is 16.7. The van der Waals surface area contributed by atoms with Crippen LogP contribution in [0.3, 0.4) is 0 Å². The Hall–Kier alpha value is -3.21. The number of hydrogen-bond donors (Lipinski definition) is 0. The van der Waals surface area contributed by atoms with Crippen molar-refractivity contribution in [2.75, 3.05) is 13.2 Å². The van der Waals surface area contributed by atoms with Gasteiger partial charge in [-0.15, -0.1) is 0 Å². The van der Waals surface area contributed by atoms with Crippen LogP contribution in [-0.4, -0.2) is 13.2 Å². The summed E-state index contributed by atoms with van der Waals surface area (Å²) in [7, 11) is 0. The Kier molecular flexibility index (Phi) is 9.52. The number of halogens is 3. The van der Waals surface area contributed by atoms with Gasteiger partial charge in [-0.3, -0.25) is 0 Å². The van der Waals surface area contributed by atoms with Gasteiger partial charge >= 0.3 is 0 Å². The van der Waals surface area contributed by atoms with E-state index in [1.54, 1.807) is 32.1 Å². The molecule has 1 aromatic rings. The zero-order valence-corrected chi connectivity index (χ0v) is 16.7. The fourth-order valence-corrected chi connectivity index (χ4v) is 2.08. The molecule has 0 aliphatic heterocycles. The molecule has 0 heterocycles. The van der Waals surface area contributed by atoms with Gasteiger partial charge in [0, 0.05) is 5.56 Å². The highest BCUT2D eigenvalue weighted by Gasteiger charge is 2.13. The van der Waals surface area contributed by atoms with Crippen LogP contribution in [0.15, 0.2) is 91.1 Å². The lowest BCUT2D eigenvalue weighted by Crippen LogP contribution is -2.02. The second-order valence-corrected chi connectivity index (χ2v) is 5.96. The number of ether oxygens (including phenoxy) is 2. The third-order valence-corrected chi connectivity index (χ3v) is 3.65. The van der Waals surface area contributed by atoms with Gasteiger partial charge in [0.05, 0.1) is 6.61 Å². The van der Waals surface area contributed by atoms with Gasteiger partial charge in [0.1, 0.15) is 12.4 Å². The minimum absolute atomic E-state index is 0.0685. The maximum atomic E-state index is 14.0. The van der Waals surface area contributed by atoms with Crippen molar-refractivity contribution < 1.29 is 22.6 Å². The van der Waals surface area contributed by atoms with Crippen molar-refractivity contribution >= 4 is 6.08 Å². The summed E-state index contributed by atoms with van der Waals surface area (Å²) in [6.45, 7) is 18.4. The molecule has 29 heavy (non-hydrogen) atoms. The van der Waals surface area contributed by atoms with Gasteiger partial charge in [-0.1, -0.05) is 50.6 Å². The summed E-state index contributed by atoms with van der Waals surface area (Å²) in [6.07, 6.45) is 7.36. The Morgan fingerprint density at radius 3 is 2.34 bits per heavy atom. The van der Waals surface area contributed by atoms with E-state index >= 15 is 0 Å². The SMILES string of the molecule is C=C(/C=C\C(=C)C(=C)/C=C(/F)C(=C)OCC)COc1ccc(/C=C/C)c(F)c1F. The summed E-state index contributed by atoms with van der Waals surface area (Å²) >= 11 is 0. The fourth-order valence-electron chi connectivity index (χ4n) is 2.08. The topological polar surface area (TPSA) is 18.5 Å². The van der Waals surface area contributed by atoms with Crippen molar-refractivity contribution in [1.29, 1.82) is 0 Å². The minimum atomic E-state index is -1.06. The number of benzene rings is 1. The summed E-state index contributed by atoms with van der Waals surface area (Å²) in [5, 5.41) is 0. The van der Waals surface area contributed by atoms with E-state index in [1.807, 2.05) is 0 Å². The molecule has 5 heteroatoms. The Morgan fingerprint density at radius 1 is 1.03 bits per heavy atom. The predicted molar refractivity (Wildman–Crippen MR) is 113 cm³/mol. The Labute approximate surface area is 170 Å². The first-order chi connectivity index (χ1) is 13.7. The molecule has 0 aliphatic rings. The molecule has 2 nitrogen and oxygen atoms in total. The molecule has 0 unspecified atom stereocenters. The predicted octanol–water partition coefficient (Wildman–Crippen LogP) is 7.01. The van der Waals surface area contributed by atoms with Gasteiger partial charge in [0.25, 0.3) is 0 Å². The summed E-state index contributed by atoms with van der Waals surface area (Å²) in [4.78, 5) is 0. The van der Waals surface area contributed by atoms with Crippen molar-refractivity contribution in [3.8, 4) is 5.75 Å². The van der Waals surface area contributed by atoms with Gasteiger partial charge in [-0.25, -0.2) is 8.78 Å². The first kappa shape index (κ1) is 23.8. The number of allylic oxidation sites excluding steroid dienone is 6. The molecule has 0 N–H and O–H groups in total. The molecule has 0 bridgehead atoms. The van der Waals surface area contributed by atoms with E-state index in [2.05, 4.69) is 26.3 Å². The van der Waals surface area contributed by atoms with E-state index < -0.39 is 17.5 Å². The molecule has 0 aliphatic carbocycles. The van der Waals surface area contributed by atoms with Crippen molar-refractivity contribution in [3.63, 3.8) is 0 Å². The molecule has 0 spiro atoms. The summed E-state index contributed by atoms with van der Waals surface area (Å²) in [5.74, 6) is -2.99. The highest BCUT2D eigenvalue weighted by Crippen LogP contribution is 2.24. The van der Waals surface area contributed by atoms with Crippen LogP contribution in [-0.2, 0) is 4.74 Å². The first-order valence-corrected chi connectivity index (χ1v) is 8.88. The standard InChI is InChI=1S/C24H25F3O2/c1-7-9-20-12-13-22(24(27)23(20)26)29-15-16(3)10-11-17(4)18(5)14-21(25)19(6)28-8-2/h7,9-14H,3-6,8,15H2,1-2H3/b9-7+,11-10-,21-14+. The monoisotopic (exact) mass is 402 g/mol. The molecule has 0 fully saturated rings. The quantitative estimate of drug-likeness (QED) is 0.293. The van der Waals surface area contributed by atoms with E-state index in [1.165, 1.54) is 18.2 Å². The molecule has 0 saturated carbocycles. The van der Waals surface area contributed by atoms with Crippen LogP contribution in [0.5, 0.6) is 5.75 Å². The van der Waals surface area contributed by atoms with Gasteiger partial charge in [0.15, 0.2) is 17.4 Å². The smallest absolute Gasteiger partial charge is 0.201 e. The zero-order chi connectivity index (χ0) is 22.0. The van der Waals surface area contributed by atoms with Gasteiger partial charge in [-0.05, 0) is 48.8 Å². The highest BCUT2D eigenvalue weighted by molar-refractivity contribution is 5.52. The maximum absolute atomic E-state index is 14.0. The average molecular weight is 402 g/mol. The normalized spacial score (nSPS) is 11.7. The molecule has 0 radical (unpaired) electrons. The second-order valence-electron chi connectivity index (χ2n) is 5.96. The third kappa shape index (κ3) is 7.37. The Bertz CT molecular complexity index is 890. The maximum Gasteiger partial charge on any atom is 0.201 e. The molecular formula is C24H25F3O2. The van der Waals surface area contributed by atoms with Crippen LogP contribution >= 0.6 is 0 Å². The lowest BCUT2D eigenvalue weighted by atomic mass is 10.1. The van der Waals surface area contributed by atoms with Crippen LogP contribution in [0, 0.1) is 11.6 Å². The van der Waals surface area contributed by atoms with Crippen LogP contribution in [0.2, 0.25) is 0 Å². The molecule has 0 atom stereocenters. The molecule has 1 aromatic carbocycles. The van der Waals surface area contributed by atoms with Crippen molar-refractivity contribution in [1.82, 2.24) is 0 Å². The average Bonchev–Trinajstić information content (AvgIpc) is 2.69. The van der Waals surface area contributed by atoms with Crippen molar-refractivity contribution in [3.05, 3.63) is 108 Å². The largest absolute Gasteiger partial charge is 0.491 e. The Balaban J connectivity index is 2.69. The second kappa shape index (κ2) is 11.6.